The highest BCUT2D eigenvalue weighted by atomic mass is 127. The molecule has 0 saturated carbocycles. The maximum absolute atomic E-state index is 9.46. The summed E-state index contributed by atoms with van der Waals surface area (Å²) >= 11 is 2.14. The smallest absolute Gasteiger partial charge is 0.247 e. The molecular weight excluding hydrogens is 469 g/mol. The van der Waals surface area contributed by atoms with Crippen molar-refractivity contribution in [1.29, 1.82) is 10.5 Å². The third-order valence-corrected chi connectivity index (χ3v) is 5.64. The van der Waals surface area contributed by atoms with Gasteiger partial charge in [0.15, 0.2) is 0 Å². The molecule has 1 aromatic heterocycles. The highest BCUT2D eigenvalue weighted by molar-refractivity contribution is 14.1. The van der Waals surface area contributed by atoms with E-state index in [0.29, 0.717) is 34.9 Å². The molecule has 3 rings (SSSR count). The first-order valence-electron chi connectivity index (χ1n) is 8.48. The summed E-state index contributed by atoms with van der Waals surface area (Å²) in [5.74, 6) is 0.697. The van der Waals surface area contributed by atoms with Crippen LogP contribution in [0.5, 0.6) is 0 Å². The largest absolute Gasteiger partial charge is 0.418 e. The van der Waals surface area contributed by atoms with Gasteiger partial charge in [0.25, 0.3) is 0 Å². The molecule has 0 saturated heterocycles. The summed E-state index contributed by atoms with van der Waals surface area (Å²) in [5, 5.41) is 39.1. The van der Waals surface area contributed by atoms with E-state index in [-0.39, 0.29) is 12.6 Å². The fourth-order valence-electron chi connectivity index (χ4n) is 2.68. The minimum atomic E-state index is -0.382. The van der Waals surface area contributed by atoms with Crippen molar-refractivity contribution >= 4 is 28.3 Å². The third-order valence-electron chi connectivity index (χ3n) is 4.25. The molecule has 2 aromatic carbocycles. The molecule has 2 N–H and O–H groups in total. The Morgan fingerprint density at radius 3 is 2.54 bits per heavy atom. The molecule has 140 valence electrons. The van der Waals surface area contributed by atoms with Crippen molar-refractivity contribution in [2.24, 2.45) is 0 Å². The summed E-state index contributed by atoms with van der Waals surface area (Å²) in [4.78, 5) is 0. The van der Waals surface area contributed by atoms with Gasteiger partial charge in [0.05, 0.1) is 17.2 Å². The number of nitrogens with one attached hydrogen (secondary N) is 1. The molecule has 0 aliphatic heterocycles. The van der Waals surface area contributed by atoms with Gasteiger partial charge in [-0.3, -0.25) is 0 Å². The molecule has 28 heavy (non-hydrogen) atoms. The van der Waals surface area contributed by atoms with Gasteiger partial charge in [0.2, 0.25) is 11.8 Å². The maximum Gasteiger partial charge on any atom is 0.247 e. The van der Waals surface area contributed by atoms with Crippen LogP contribution >= 0.6 is 22.6 Å². The Morgan fingerprint density at radius 1 is 1.14 bits per heavy atom. The van der Waals surface area contributed by atoms with E-state index in [1.807, 2.05) is 13.0 Å². The number of hydrogen-bond donors (Lipinski definition) is 2. The fourth-order valence-corrected chi connectivity index (χ4v) is 3.27. The topological polar surface area (TPSA) is 119 Å². The van der Waals surface area contributed by atoms with Gasteiger partial charge >= 0.3 is 0 Å². The molecule has 0 bridgehead atoms. The summed E-state index contributed by atoms with van der Waals surface area (Å²) in [6.07, 6.45) is 0.380. The molecular formula is C20H16IN5O2. The van der Waals surface area contributed by atoms with Crippen LogP contribution in [-0.2, 0) is 0 Å². The summed E-state index contributed by atoms with van der Waals surface area (Å²) in [6, 6.07) is 14.3. The lowest BCUT2D eigenvalue weighted by Gasteiger charge is -2.18. The summed E-state index contributed by atoms with van der Waals surface area (Å²) in [7, 11) is 0. The number of anilines is 1. The van der Waals surface area contributed by atoms with Crippen LogP contribution in [0.25, 0.3) is 11.5 Å². The molecule has 0 aliphatic rings. The van der Waals surface area contributed by atoms with Crippen LogP contribution in [0, 0.1) is 33.2 Å². The number of rotatable bonds is 6. The van der Waals surface area contributed by atoms with Gasteiger partial charge in [0.1, 0.15) is 12.1 Å². The van der Waals surface area contributed by atoms with Crippen molar-refractivity contribution in [2.75, 3.05) is 11.9 Å². The SMILES string of the molecule is Cc1c(NC(CCO)c2nnc(-c3ccc(C#N)cc3)o2)ccc(C#N)c1I. The van der Waals surface area contributed by atoms with Gasteiger partial charge < -0.3 is 14.8 Å². The Kier molecular flexibility index (Phi) is 6.24. The van der Waals surface area contributed by atoms with Crippen molar-refractivity contribution < 1.29 is 9.52 Å². The van der Waals surface area contributed by atoms with Crippen LogP contribution in [0.2, 0.25) is 0 Å². The molecule has 0 fully saturated rings. The van der Waals surface area contributed by atoms with Gasteiger partial charge in [-0.05, 0) is 77.9 Å². The Balaban J connectivity index is 1.87. The molecule has 7 nitrogen and oxygen atoms in total. The molecule has 0 aliphatic carbocycles. The number of hydrogen-bond acceptors (Lipinski definition) is 7. The Labute approximate surface area is 175 Å². The van der Waals surface area contributed by atoms with E-state index in [4.69, 9.17) is 14.9 Å². The number of aliphatic hydroxyl groups is 1. The third kappa shape index (κ3) is 4.14. The van der Waals surface area contributed by atoms with Crippen LogP contribution in [0.15, 0.2) is 40.8 Å². The minimum Gasteiger partial charge on any atom is -0.418 e. The highest BCUT2D eigenvalue weighted by Gasteiger charge is 2.20. The Morgan fingerprint density at radius 2 is 1.89 bits per heavy atom. The zero-order chi connectivity index (χ0) is 20.1. The molecule has 1 atom stereocenters. The van der Waals surface area contributed by atoms with Crippen molar-refractivity contribution in [3.05, 3.63) is 62.5 Å². The minimum absolute atomic E-state index is 0.0569. The first kappa shape index (κ1) is 19.8. The van der Waals surface area contributed by atoms with E-state index in [9.17, 15) is 5.11 Å². The van der Waals surface area contributed by atoms with Gasteiger partial charge in [0, 0.05) is 21.4 Å². The van der Waals surface area contributed by atoms with Crippen LogP contribution in [0.1, 0.15) is 35.0 Å². The quantitative estimate of drug-likeness (QED) is 0.508. The predicted molar refractivity (Wildman–Crippen MR) is 111 cm³/mol. The van der Waals surface area contributed by atoms with E-state index in [2.05, 4.69) is 50.2 Å². The summed E-state index contributed by atoms with van der Waals surface area (Å²) in [5.41, 5.74) is 3.65. The van der Waals surface area contributed by atoms with E-state index in [1.165, 1.54) is 0 Å². The lowest BCUT2D eigenvalue weighted by atomic mass is 10.1. The van der Waals surface area contributed by atoms with Crippen LogP contribution in [0.4, 0.5) is 5.69 Å². The molecule has 0 spiro atoms. The Bertz CT molecular complexity index is 1060. The average Bonchev–Trinajstić information content (AvgIpc) is 3.21. The van der Waals surface area contributed by atoms with E-state index < -0.39 is 0 Å². The molecule has 0 amide bonds. The van der Waals surface area contributed by atoms with E-state index in [1.54, 1.807) is 30.3 Å². The van der Waals surface area contributed by atoms with Crippen molar-refractivity contribution in [2.45, 2.75) is 19.4 Å². The number of aliphatic hydroxyl groups excluding tert-OH is 1. The lowest BCUT2D eigenvalue weighted by molar-refractivity contribution is 0.271. The molecule has 3 aromatic rings. The normalized spacial score (nSPS) is 11.5. The van der Waals surface area contributed by atoms with Gasteiger partial charge in [-0.2, -0.15) is 10.5 Å². The van der Waals surface area contributed by atoms with E-state index in [0.717, 1.165) is 14.8 Å². The standard InChI is InChI=1S/C20H16IN5O2/c1-12-16(7-6-15(11-23)18(12)21)24-17(8-9-27)20-26-25-19(28-20)14-4-2-13(10-22)3-5-14/h2-7,17,24,27H,8-9H2,1H3. The van der Waals surface area contributed by atoms with Crippen molar-refractivity contribution in [1.82, 2.24) is 10.2 Å². The molecule has 8 heteroatoms. The summed E-state index contributed by atoms with van der Waals surface area (Å²) in [6.45, 7) is 1.87. The van der Waals surface area contributed by atoms with Gasteiger partial charge in [-0.15, -0.1) is 10.2 Å². The van der Waals surface area contributed by atoms with Gasteiger partial charge in [-0.25, -0.2) is 0 Å². The number of aromatic nitrogens is 2. The van der Waals surface area contributed by atoms with Gasteiger partial charge in [-0.1, -0.05) is 0 Å². The number of halogens is 1. The zero-order valence-corrected chi connectivity index (χ0v) is 17.1. The predicted octanol–water partition coefficient (Wildman–Crippen LogP) is 3.93. The second kappa shape index (κ2) is 8.83. The first-order valence-corrected chi connectivity index (χ1v) is 9.55. The zero-order valence-electron chi connectivity index (χ0n) is 15.0. The summed E-state index contributed by atoms with van der Waals surface area (Å²) < 4.78 is 6.68. The monoisotopic (exact) mass is 485 g/mol. The highest BCUT2D eigenvalue weighted by Crippen LogP contribution is 2.29. The van der Waals surface area contributed by atoms with Crippen LogP contribution < -0.4 is 5.32 Å². The van der Waals surface area contributed by atoms with Crippen molar-refractivity contribution in [3.8, 4) is 23.6 Å². The van der Waals surface area contributed by atoms with Crippen LogP contribution in [0.3, 0.4) is 0 Å². The van der Waals surface area contributed by atoms with Crippen molar-refractivity contribution in [3.63, 3.8) is 0 Å². The average molecular weight is 485 g/mol. The lowest BCUT2D eigenvalue weighted by Crippen LogP contribution is -2.14. The van der Waals surface area contributed by atoms with E-state index >= 15 is 0 Å². The number of benzene rings is 2. The molecule has 1 unspecified atom stereocenters. The Hall–Kier alpha value is -2.95. The fraction of sp³-hybridized carbons (Fsp3) is 0.200. The maximum atomic E-state index is 9.46. The number of nitriles is 2. The molecule has 1 heterocycles. The second-order valence-corrected chi connectivity index (χ2v) is 7.13. The first-order chi connectivity index (χ1) is 13.6. The van der Waals surface area contributed by atoms with Crippen LogP contribution in [-0.4, -0.2) is 21.9 Å². The number of nitrogens with zero attached hydrogens (tertiary/aromatic N) is 4. The molecule has 0 radical (unpaired) electrons. The second-order valence-electron chi connectivity index (χ2n) is 6.06.